The van der Waals surface area contributed by atoms with E-state index in [0.717, 1.165) is 76.0 Å². The molecule has 0 amide bonds. The van der Waals surface area contributed by atoms with Gasteiger partial charge in [-0.1, -0.05) is 61.8 Å². The molecular weight excluding hydrogens is 504 g/mol. The van der Waals surface area contributed by atoms with Gasteiger partial charge in [0, 0.05) is 53.5 Å². The van der Waals surface area contributed by atoms with Gasteiger partial charge in [-0.3, -0.25) is 9.59 Å². The van der Waals surface area contributed by atoms with Crippen LogP contribution >= 0.6 is 11.6 Å². The molecule has 0 fully saturated rings. The molecule has 0 saturated carbocycles. The number of pyridine rings is 1. The maximum Gasteiger partial charge on any atom is 0.194 e. The van der Waals surface area contributed by atoms with E-state index in [1.807, 2.05) is 53.0 Å². The topological polar surface area (TPSA) is 51.4 Å². The van der Waals surface area contributed by atoms with Crippen molar-refractivity contribution in [3.8, 4) is 0 Å². The van der Waals surface area contributed by atoms with E-state index < -0.39 is 0 Å². The Kier molecular flexibility index (Phi) is 3.79. The maximum absolute atomic E-state index is 13.7. The molecule has 4 nitrogen and oxygen atoms in total. The van der Waals surface area contributed by atoms with Crippen LogP contribution in [-0.2, 0) is 0 Å². The van der Waals surface area contributed by atoms with Gasteiger partial charge in [0.25, 0.3) is 0 Å². The molecule has 2 heterocycles. The van der Waals surface area contributed by atoms with Crippen molar-refractivity contribution >= 4 is 92.8 Å². The van der Waals surface area contributed by atoms with Crippen LogP contribution in [0.1, 0.15) is 25.3 Å². The molecule has 0 aliphatic heterocycles. The van der Waals surface area contributed by atoms with Crippen LogP contribution in [0.5, 0.6) is 0 Å². The van der Waals surface area contributed by atoms with E-state index in [-0.39, 0.29) is 16.8 Å². The molecule has 0 saturated heterocycles. The van der Waals surface area contributed by atoms with Gasteiger partial charge in [-0.15, -0.1) is 0 Å². The van der Waals surface area contributed by atoms with Gasteiger partial charge in [-0.05, 0) is 64.0 Å². The number of fused-ring (bicyclic) bond motifs is 6. The van der Waals surface area contributed by atoms with Gasteiger partial charge in [-0.25, -0.2) is 4.52 Å². The SMILES string of the molecule is CC(C)c1cc2c3ccccc3c(=O)c3ccc4c5ccc6c(=O)c7ccc(Cl)cc7c7nn(c1c4c32)c5c67. The Labute approximate surface area is 225 Å². The first-order valence-corrected chi connectivity index (χ1v) is 13.5. The van der Waals surface area contributed by atoms with Crippen molar-refractivity contribution < 1.29 is 0 Å². The van der Waals surface area contributed by atoms with Crippen LogP contribution in [0.2, 0.25) is 5.02 Å². The van der Waals surface area contributed by atoms with Crippen molar-refractivity contribution in [1.82, 2.24) is 9.61 Å². The molecule has 0 N–H and O–H groups in total. The molecule has 0 radical (unpaired) electrons. The number of halogens is 1. The first-order valence-electron chi connectivity index (χ1n) is 13.1. The van der Waals surface area contributed by atoms with E-state index in [1.165, 1.54) is 0 Å². The summed E-state index contributed by atoms with van der Waals surface area (Å²) in [5.74, 6) is 0.197. The predicted octanol–water partition coefficient (Wildman–Crippen LogP) is 8.22. The smallest absolute Gasteiger partial charge is 0.194 e. The Balaban J connectivity index is 1.68. The van der Waals surface area contributed by atoms with Crippen LogP contribution < -0.4 is 10.9 Å². The summed E-state index contributed by atoms with van der Waals surface area (Å²) < 4.78 is 2.03. The second-order valence-corrected chi connectivity index (χ2v) is 11.4. The lowest BCUT2D eigenvalue weighted by Crippen LogP contribution is -2.07. The zero-order valence-electron chi connectivity index (χ0n) is 21.1. The zero-order valence-corrected chi connectivity index (χ0v) is 21.9. The van der Waals surface area contributed by atoms with Gasteiger partial charge < -0.3 is 0 Å². The minimum absolute atomic E-state index is 0.0115. The zero-order chi connectivity index (χ0) is 26.3. The maximum atomic E-state index is 13.7. The average Bonchev–Trinajstić information content (AvgIpc) is 3.35. The number of hydrogen-bond acceptors (Lipinski definition) is 3. The van der Waals surface area contributed by atoms with E-state index in [0.29, 0.717) is 15.8 Å². The van der Waals surface area contributed by atoms with Crippen molar-refractivity contribution in [2.75, 3.05) is 0 Å². The molecule has 5 heteroatoms. The van der Waals surface area contributed by atoms with E-state index in [9.17, 15) is 9.59 Å². The Bertz CT molecular complexity index is 2640. The highest BCUT2D eigenvalue weighted by atomic mass is 35.5. The van der Waals surface area contributed by atoms with Crippen molar-refractivity contribution in [3.05, 3.63) is 104 Å². The fraction of sp³-hybridized carbons (Fsp3) is 0.0882. The molecular formula is C34H19ClN2O2. The molecule has 0 atom stereocenters. The largest absolute Gasteiger partial charge is 0.289 e. The van der Waals surface area contributed by atoms with E-state index in [1.54, 1.807) is 12.1 Å². The van der Waals surface area contributed by atoms with E-state index in [4.69, 9.17) is 16.7 Å². The molecule has 0 aliphatic carbocycles. The molecule has 2 aromatic heterocycles. The van der Waals surface area contributed by atoms with Gasteiger partial charge in [-0.2, -0.15) is 5.10 Å². The minimum atomic E-state index is -0.0115. The highest BCUT2D eigenvalue weighted by molar-refractivity contribution is 6.36. The van der Waals surface area contributed by atoms with Crippen molar-refractivity contribution in [3.63, 3.8) is 0 Å². The Morgan fingerprint density at radius 1 is 0.615 bits per heavy atom. The van der Waals surface area contributed by atoms with Gasteiger partial charge in [0.2, 0.25) is 0 Å². The summed E-state index contributed by atoms with van der Waals surface area (Å²) in [6.07, 6.45) is 0. The number of nitrogens with zero attached hydrogens (tertiary/aromatic N) is 2. The van der Waals surface area contributed by atoms with E-state index in [2.05, 4.69) is 26.0 Å². The lowest BCUT2D eigenvalue weighted by molar-refractivity contribution is 0.866. The minimum Gasteiger partial charge on any atom is -0.289 e. The fourth-order valence-corrected chi connectivity index (χ4v) is 7.16. The summed E-state index contributed by atoms with van der Waals surface area (Å²) in [7, 11) is 0. The third-order valence-electron chi connectivity index (χ3n) is 8.67. The lowest BCUT2D eigenvalue weighted by Gasteiger charge is -2.20. The van der Waals surface area contributed by atoms with Gasteiger partial charge in [0.1, 0.15) is 5.52 Å². The Morgan fingerprint density at radius 3 is 2.03 bits per heavy atom. The molecule has 184 valence electrons. The fourth-order valence-electron chi connectivity index (χ4n) is 6.99. The lowest BCUT2D eigenvalue weighted by atomic mass is 9.86. The number of rotatable bonds is 1. The second-order valence-electron chi connectivity index (χ2n) is 11.0. The summed E-state index contributed by atoms with van der Waals surface area (Å²) in [4.78, 5) is 27.3. The molecule has 39 heavy (non-hydrogen) atoms. The van der Waals surface area contributed by atoms with Crippen LogP contribution in [0.15, 0.2) is 82.4 Å². The monoisotopic (exact) mass is 522 g/mol. The second kappa shape index (κ2) is 6.90. The summed E-state index contributed by atoms with van der Waals surface area (Å²) in [5.41, 5.74) is 3.89. The average molecular weight is 523 g/mol. The van der Waals surface area contributed by atoms with Crippen molar-refractivity contribution in [2.24, 2.45) is 0 Å². The van der Waals surface area contributed by atoms with Crippen LogP contribution in [0, 0.1) is 0 Å². The molecule has 0 aliphatic rings. The summed E-state index contributed by atoms with van der Waals surface area (Å²) in [6.45, 7) is 4.38. The third kappa shape index (κ3) is 2.40. The first-order chi connectivity index (χ1) is 18.9. The Hall–Kier alpha value is -4.54. The van der Waals surface area contributed by atoms with E-state index >= 15 is 0 Å². The molecule has 0 bridgehead atoms. The number of aromatic nitrogens is 2. The van der Waals surface area contributed by atoms with Crippen LogP contribution in [-0.4, -0.2) is 9.61 Å². The first kappa shape index (κ1) is 21.4. The number of benzene rings is 7. The highest BCUT2D eigenvalue weighted by Gasteiger charge is 2.26. The van der Waals surface area contributed by atoms with Crippen molar-refractivity contribution in [1.29, 1.82) is 0 Å². The van der Waals surface area contributed by atoms with Gasteiger partial charge in [0.05, 0.1) is 11.0 Å². The molecule has 0 unspecified atom stereocenters. The predicted molar refractivity (Wildman–Crippen MR) is 163 cm³/mol. The van der Waals surface area contributed by atoms with Crippen LogP contribution in [0.25, 0.3) is 81.2 Å². The quantitative estimate of drug-likeness (QED) is 0.161. The summed E-state index contributed by atoms with van der Waals surface area (Å²) in [5, 5.41) is 16.3. The summed E-state index contributed by atoms with van der Waals surface area (Å²) in [6, 6.07) is 23.5. The van der Waals surface area contributed by atoms with Crippen molar-refractivity contribution in [2.45, 2.75) is 19.8 Å². The molecule has 9 aromatic rings. The molecule has 9 rings (SSSR count). The van der Waals surface area contributed by atoms with Gasteiger partial charge in [0.15, 0.2) is 10.9 Å². The van der Waals surface area contributed by atoms with Crippen LogP contribution in [0.3, 0.4) is 0 Å². The van der Waals surface area contributed by atoms with Crippen LogP contribution in [0.4, 0.5) is 0 Å². The standard InChI is InChI=1S/C34H19ClN2O2/c1-15(2)24-14-25-17-5-3-4-6-20(17)33(38)22-11-9-18-19-10-12-23-29-30(26-13-16(35)7-8-21(26)34(23)39)36-37(31(19)29)32(24)28(18)27(22)25/h3-15H,1-2H3. The Morgan fingerprint density at radius 2 is 1.26 bits per heavy atom. The third-order valence-corrected chi connectivity index (χ3v) is 8.90. The normalized spacial score (nSPS) is 12.9. The highest BCUT2D eigenvalue weighted by Crippen LogP contribution is 2.45. The molecule has 0 spiro atoms. The number of hydrogen-bond donors (Lipinski definition) is 0. The molecule has 7 aromatic carbocycles. The van der Waals surface area contributed by atoms with Gasteiger partial charge >= 0.3 is 0 Å². The summed E-state index contributed by atoms with van der Waals surface area (Å²) >= 11 is 6.41.